The average Bonchev–Trinajstić information content (AvgIpc) is 3.23. The van der Waals surface area contributed by atoms with E-state index in [9.17, 15) is 9.59 Å². The van der Waals surface area contributed by atoms with Crippen LogP contribution >= 0.6 is 24.0 Å². The van der Waals surface area contributed by atoms with Gasteiger partial charge in [-0.25, -0.2) is 4.98 Å². The van der Waals surface area contributed by atoms with E-state index < -0.39 is 0 Å². The zero-order valence-electron chi connectivity index (χ0n) is 14.6. The Morgan fingerprint density at radius 2 is 2.00 bits per heavy atom. The number of amides is 1. The van der Waals surface area contributed by atoms with Gasteiger partial charge in [0.25, 0.3) is 11.5 Å². The predicted molar refractivity (Wildman–Crippen MR) is 109 cm³/mol. The molecule has 0 aliphatic carbocycles. The number of likely N-dealkylation sites (N-methyl/N-ethyl adjacent to an activating group) is 1. The Morgan fingerprint density at radius 3 is 2.65 bits per heavy atom. The minimum absolute atomic E-state index is 0.165. The molecule has 0 radical (unpaired) electrons. The number of anilines is 1. The number of thiocarbonyl (C=S) groups is 1. The van der Waals surface area contributed by atoms with Gasteiger partial charge < -0.3 is 4.90 Å². The lowest BCUT2D eigenvalue weighted by molar-refractivity contribution is -0.121. The fourth-order valence-corrected chi connectivity index (χ4v) is 4.43. The summed E-state index contributed by atoms with van der Waals surface area (Å²) in [4.78, 5) is 34.4. The van der Waals surface area contributed by atoms with E-state index in [2.05, 4.69) is 4.90 Å². The van der Waals surface area contributed by atoms with Crippen LogP contribution in [0, 0.1) is 6.92 Å². The molecule has 2 saturated heterocycles. The molecule has 2 aromatic heterocycles. The third-order valence-corrected chi connectivity index (χ3v) is 6.22. The topological polar surface area (TPSA) is 57.9 Å². The molecule has 26 heavy (non-hydrogen) atoms. The SMILES string of the molecule is Cc1cccn2c(=O)c(/C=C3/SC(=S)N(C)C3=O)c(N3CCCC3)nc12. The molecule has 0 unspecified atom stereocenters. The van der Waals surface area contributed by atoms with E-state index in [0.29, 0.717) is 26.3 Å². The van der Waals surface area contributed by atoms with Crippen LogP contribution in [0.5, 0.6) is 0 Å². The largest absolute Gasteiger partial charge is 0.356 e. The lowest BCUT2D eigenvalue weighted by Crippen LogP contribution is -2.27. The van der Waals surface area contributed by atoms with E-state index in [-0.39, 0.29) is 11.5 Å². The second-order valence-electron chi connectivity index (χ2n) is 6.47. The lowest BCUT2D eigenvalue weighted by atomic mass is 10.2. The predicted octanol–water partition coefficient (Wildman–Crippen LogP) is 2.43. The van der Waals surface area contributed by atoms with Gasteiger partial charge in [0.2, 0.25) is 0 Å². The summed E-state index contributed by atoms with van der Waals surface area (Å²) in [5.74, 6) is 0.476. The molecule has 8 heteroatoms. The second-order valence-corrected chi connectivity index (χ2v) is 8.15. The number of nitrogens with zero attached hydrogens (tertiary/aromatic N) is 4. The highest BCUT2D eigenvalue weighted by atomic mass is 32.2. The quantitative estimate of drug-likeness (QED) is 0.584. The fraction of sp³-hybridized carbons (Fsp3) is 0.333. The van der Waals surface area contributed by atoms with E-state index in [1.54, 1.807) is 23.7 Å². The first kappa shape index (κ1) is 17.2. The van der Waals surface area contributed by atoms with Gasteiger partial charge in [0, 0.05) is 26.3 Å². The van der Waals surface area contributed by atoms with Gasteiger partial charge in [0.15, 0.2) is 0 Å². The molecule has 0 aromatic carbocycles. The van der Waals surface area contributed by atoms with Crippen molar-refractivity contribution in [3.63, 3.8) is 0 Å². The molecule has 0 saturated carbocycles. The molecule has 0 bridgehead atoms. The van der Waals surface area contributed by atoms with Crippen LogP contribution in [0.25, 0.3) is 11.7 Å². The number of pyridine rings is 1. The summed E-state index contributed by atoms with van der Waals surface area (Å²) in [5, 5.41) is 0. The maximum Gasteiger partial charge on any atom is 0.267 e. The van der Waals surface area contributed by atoms with Crippen molar-refractivity contribution in [2.45, 2.75) is 19.8 Å². The summed E-state index contributed by atoms with van der Waals surface area (Å²) in [6.45, 7) is 3.67. The number of hydrogen-bond acceptors (Lipinski definition) is 6. The van der Waals surface area contributed by atoms with Crippen LogP contribution in [0.2, 0.25) is 0 Å². The highest BCUT2D eigenvalue weighted by molar-refractivity contribution is 8.26. The molecule has 1 amide bonds. The molecule has 6 nitrogen and oxygen atoms in total. The van der Waals surface area contributed by atoms with Gasteiger partial charge in [-0.1, -0.05) is 30.0 Å². The van der Waals surface area contributed by atoms with Crippen molar-refractivity contribution < 1.29 is 4.79 Å². The maximum atomic E-state index is 13.2. The Hall–Kier alpha value is -2.19. The second kappa shape index (κ2) is 6.51. The molecule has 4 rings (SSSR count). The van der Waals surface area contributed by atoms with Gasteiger partial charge >= 0.3 is 0 Å². The van der Waals surface area contributed by atoms with E-state index in [4.69, 9.17) is 17.2 Å². The van der Waals surface area contributed by atoms with Crippen LogP contribution in [0.1, 0.15) is 24.0 Å². The fourth-order valence-electron chi connectivity index (χ4n) is 3.27. The monoisotopic (exact) mass is 386 g/mol. The van der Waals surface area contributed by atoms with Crippen LogP contribution in [-0.4, -0.2) is 44.6 Å². The maximum absolute atomic E-state index is 13.2. The summed E-state index contributed by atoms with van der Waals surface area (Å²) in [7, 11) is 1.65. The summed E-state index contributed by atoms with van der Waals surface area (Å²) in [6, 6.07) is 3.77. The number of rotatable bonds is 2. The smallest absolute Gasteiger partial charge is 0.267 e. The Kier molecular flexibility index (Phi) is 4.32. The Balaban J connectivity index is 1.96. The molecule has 2 aromatic rings. The molecule has 2 fully saturated rings. The van der Waals surface area contributed by atoms with Crippen LogP contribution in [-0.2, 0) is 4.79 Å². The van der Waals surface area contributed by atoms with E-state index in [0.717, 1.165) is 31.5 Å². The molecule has 2 aliphatic heterocycles. The van der Waals surface area contributed by atoms with Gasteiger partial charge in [-0.05, 0) is 37.5 Å². The van der Waals surface area contributed by atoms with Crippen LogP contribution in [0.4, 0.5) is 5.82 Å². The third kappa shape index (κ3) is 2.73. The molecule has 4 heterocycles. The summed E-state index contributed by atoms with van der Waals surface area (Å²) in [5.41, 5.74) is 1.88. The third-order valence-electron chi connectivity index (χ3n) is 4.73. The highest BCUT2D eigenvalue weighted by Gasteiger charge is 2.30. The number of hydrogen-bond donors (Lipinski definition) is 0. The van der Waals surface area contributed by atoms with Gasteiger partial charge in [0.1, 0.15) is 15.8 Å². The van der Waals surface area contributed by atoms with Gasteiger partial charge in [-0.2, -0.15) is 0 Å². The molecular formula is C18H18N4O2S2. The first-order valence-corrected chi connectivity index (χ1v) is 9.68. The van der Waals surface area contributed by atoms with Crippen LogP contribution in [0.15, 0.2) is 28.0 Å². The minimum atomic E-state index is -0.180. The van der Waals surface area contributed by atoms with E-state index >= 15 is 0 Å². The van der Waals surface area contributed by atoms with Crippen molar-refractivity contribution in [2.75, 3.05) is 25.0 Å². The molecular weight excluding hydrogens is 368 g/mol. The van der Waals surface area contributed by atoms with Crippen molar-refractivity contribution in [3.05, 3.63) is 44.7 Å². The summed E-state index contributed by atoms with van der Waals surface area (Å²) < 4.78 is 2.04. The van der Waals surface area contributed by atoms with Gasteiger partial charge in [-0.15, -0.1) is 0 Å². The summed E-state index contributed by atoms with van der Waals surface area (Å²) in [6.07, 6.45) is 5.52. The highest BCUT2D eigenvalue weighted by Crippen LogP contribution is 2.33. The minimum Gasteiger partial charge on any atom is -0.356 e. The molecule has 0 N–H and O–H groups in total. The van der Waals surface area contributed by atoms with Gasteiger partial charge in [-0.3, -0.25) is 18.9 Å². The number of aromatic nitrogens is 2. The number of carbonyl (C=O) groups is 1. The first-order valence-electron chi connectivity index (χ1n) is 8.46. The van der Waals surface area contributed by atoms with Crippen molar-refractivity contribution >= 4 is 51.7 Å². The first-order chi connectivity index (χ1) is 12.5. The molecule has 134 valence electrons. The van der Waals surface area contributed by atoms with E-state index in [1.165, 1.54) is 16.7 Å². The van der Waals surface area contributed by atoms with Crippen molar-refractivity contribution in [1.29, 1.82) is 0 Å². The van der Waals surface area contributed by atoms with Crippen LogP contribution in [0.3, 0.4) is 0 Å². The zero-order chi connectivity index (χ0) is 18.4. The lowest BCUT2D eigenvalue weighted by Gasteiger charge is -2.20. The zero-order valence-corrected chi connectivity index (χ0v) is 16.2. The molecule has 2 aliphatic rings. The standard InChI is InChI=1S/C18H18N4O2S2/c1-11-6-5-9-22-14(11)19-15(21-7-3-4-8-21)12(16(22)23)10-13-17(24)20(2)18(25)26-13/h5-6,9-10H,3-4,7-8H2,1-2H3/b13-10+. The normalized spacial score (nSPS) is 19.4. The van der Waals surface area contributed by atoms with Crippen LogP contribution < -0.4 is 10.5 Å². The average molecular weight is 387 g/mol. The number of thioether (sulfide) groups is 1. The van der Waals surface area contributed by atoms with Crippen molar-refractivity contribution in [2.24, 2.45) is 0 Å². The number of aryl methyl sites for hydroxylation is 1. The Morgan fingerprint density at radius 1 is 1.27 bits per heavy atom. The summed E-state index contributed by atoms with van der Waals surface area (Å²) >= 11 is 6.42. The molecule has 0 spiro atoms. The number of fused-ring (bicyclic) bond motifs is 1. The van der Waals surface area contributed by atoms with E-state index in [1.807, 2.05) is 19.1 Å². The number of carbonyl (C=O) groups excluding carboxylic acids is 1. The Labute approximate surface area is 160 Å². The molecule has 0 atom stereocenters. The van der Waals surface area contributed by atoms with Gasteiger partial charge in [0.05, 0.1) is 10.5 Å². The van der Waals surface area contributed by atoms with Crippen molar-refractivity contribution in [1.82, 2.24) is 14.3 Å². The van der Waals surface area contributed by atoms with Crippen molar-refractivity contribution in [3.8, 4) is 0 Å². The Bertz CT molecular complexity index is 1020.